The van der Waals surface area contributed by atoms with Crippen molar-refractivity contribution >= 4 is 18.4 Å². The molecule has 0 saturated carbocycles. The Labute approximate surface area is 149 Å². The zero-order chi connectivity index (χ0) is 17.8. The Kier molecular flexibility index (Phi) is 4.80. The minimum Gasteiger partial charge on any atom is -0.504 e. The minimum atomic E-state index is 0.00620. The third-order valence-corrected chi connectivity index (χ3v) is 3.81. The van der Waals surface area contributed by atoms with E-state index in [-0.39, 0.29) is 5.75 Å². The summed E-state index contributed by atoms with van der Waals surface area (Å²) in [6, 6.07) is 12.6. The molecule has 0 bridgehead atoms. The van der Waals surface area contributed by atoms with Crippen LogP contribution in [0.5, 0.6) is 17.2 Å². The van der Waals surface area contributed by atoms with Gasteiger partial charge < -0.3 is 14.6 Å². The van der Waals surface area contributed by atoms with Gasteiger partial charge in [-0.25, -0.2) is 5.10 Å². The van der Waals surface area contributed by atoms with Gasteiger partial charge in [0.15, 0.2) is 17.3 Å². The van der Waals surface area contributed by atoms with Crippen molar-refractivity contribution in [3.05, 3.63) is 52.8 Å². The Morgan fingerprint density at radius 3 is 2.76 bits per heavy atom. The molecular formula is C17H16N4O3S. The lowest BCUT2D eigenvalue weighted by Gasteiger charge is -2.06. The lowest BCUT2D eigenvalue weighted by atomic mass is 10.2. The summed E-state index contributed by atoms with van der Waals surface area (Å²) in [6.45, 7) is 0. The number of nitrogens with zero attached hydrogens (tertiary/aromatic N) is 3. The van der Waals surface area contributed by atoms with Crippen LogP contribution >= 0.6 is 12.2 Å². The number of phenolic OH excluding ortho intramolecular Hbond substituents is 1. The molecule has 25 heavy (non-hydrogen) atoms. The van der Waals surface area contributed by atoms with Gasteiger partial charge in [0.1, 0.15) is 5.75 Å². The summed E-state index contributed by atoms with van der Waals surface area (Å²) in [5, 5.41) is 21.4. The van der Waals surface area contributed by atoms with Crippen LogP contribution in [0.3, 0.4) is 0 Å². The number of aromatic amines is 1. The number of rotatable bonds is 5. The number of H-pyrrole nitrogens is 1. The molecule has 0 spiro atoms. The average Bonchev–Trinajstić information content (AvgIpc) is 3.01. The highest BCUT2D eigenvalue weighted by molar-refractivity contribution is 7.71. The van der Waals surface area contributed by atoms with Crippen LogP contribution in [0, 0.1) is 4.77 Å². The number of nitrogens with one attached hydrogen (secondary N) is 1. The Hall–Kier alpha value is -3.13. The lowest BCUT2D eigenvalue weighted by molar-refractivity contribution is 0.373. The molecule has 7 nitrogen and oxygen atoms in total. The summed E-state index contributed by atoms with van der Waals surface area (Å²) in [5.74, 6) is 1.61. The van der Waals surface area contributed by atoms with Crippen molar-refractivity contribution < 1.29 is 14.6 Å². The number of ether oxygens (including phenoxy) is 2. The first kappa shape index (κ1) is 16.7. The molecule has 2 N–H and O–H groups in total. The van der Waals surface area contributed by atoms with E-state index in [0.29, 0.717) is 27.7 Å². The Morgan fingerprint density at radius 2 is 2.00 bits per heavy atom. The molecule has 0 saturated heterocycles. The van der Waals surface area contributed by atoms with Crippen LogP contribution in [-0.2, 0) is 0 Å². The first-order valence-corrected chi connectivity index (χ1v) is 7.77. The summed E-state index contributed by atoms with van der Waals surface area (Å²) in [6.07, 6.45) is 1.49. The molecule has 0 fully saturated rings. The molecule has 0 aliphatic carbocycles. The average molecular weight is 356 g/mol. The molecule has 0 atom stereocenters. The molecule has 2 aromatic carbocycles. The van der Waals surface area contributed by atoms with E-state index in [9.17, 15) is 5.11 Å². The predicted octanol–water partition coefficient (Wildman–Crippen LogP) is 3.21. The minimum absolute atomic E-state index is 0.00620. The van der Waals surface area contributed by atoms with Gasteiger partial charge in [-0.2, -0.15) is 14.9 Å². The van der Waals surface area contributed by atoms with Crippen molar-refractivity contribution in [3.8, 4) is 28.6 Å². The maximum Gasteiger partial charge on any atom is 0.216 e. The van der Waals surface area contributed by atoms with Gasteiger partial charge in [0.05, 0.1) is 20.4 Å². The Bertz CT molecular complexity index is 978. The van der Waals surface area contributed by atoms with E-state index in [1.807, 2.05) is 24.3 Å². The molecular weight excluding hydrogens is 340 g/mol. The van der Waals surface area contributed by atoms with Crippen LogP contribution < -0.4 is 9.47 Å². The highest BCUT2D eigenvalue weighted by atomic mass is 32.1. The highest BCUT2D eigenvalue weighted by Crippen LogP contribution is 2.28. The van der Waals surface area contributed by atoms with Gasteiger partial charge in [0, 0.05) is 11.1 Å². The van der Waals surface area contributed by atoms with Crippen LogP contribution in [0.1, 0.15) is 5.56 Å². The van der Waals surface area contributed by atoms with Crippen molar-refractivity contribution in [1.82, 2.24) is 14.9 Å². The normalized spacial score (nSPS) is 11.0. The number of aromatic nitrogens is 3. The van der Waals surface area contributed by atoms with E-state index in [4.69, 9.17) is 21.7 Å². The molecule has 0 amide bonds. The van der Waals surface area contributed by atoms with Gasteiger partial charge >= 0.3 is 0 Å². The molecule has 0 aliphatic heterocycles. The van der Waals surface area contributed by atoms with E-state index in [1.54, 1.807) is 25.3 Å². The van der Waals surface area contributed by atoms with Crippen LogP contribution in [0.25, 0.3) is 11.4 Å². The maximum atomic E-state index is 10.1. The van der Waals surface area contributed by atoms with Crippen LogP contribution in [0.4, 0.5) is 0 Å². The monoisotopic (exact) mass is 356 g/mol. The number of phenols is 1. The lowest BCUT2D eigenvalue weighted by Crippen LogP contribution is -1.96. The molecule has 3 rings (SSSR count). The van der Waals surface area contributed by atoms with E-state index >= 15 is 0 Å². The van der Waals surface area contributed by atoms with Crippen molar-refractivity contribution in [3.63, 3.8) is 0 Å². The van der Waals surface area contributed by atoms with Crippen molar-refractivity contribution in [2.75, 3.05) is 14.2 Å². The smallest absolute Gasteiger partial charge is 0.216 e. The molecule has 1 heterocycles. The van der Waals surface area contributed by atoms with Crippen LogP contribution in [0.15, 0.2) is 47.6 Å². The molecule has 0 aliphatic rings. The quantitative estimate of drug-likeness (QED) is 0.542. The first-order valence-electron chi connectivity index (χ1n) is 7.36. The topological polar surface area (TPSA) is 84.7 Å². The van der Waals surface area contributed by atoms with E-state index in [1.165, 1.54) is 18.0 Å². The summed E-state index contributed by atoms with van der Waals surface area (Å²) >= 11 is 5.24. The molecule has 1 aromatic heterocycles. The SMILES string of the molecule is COc1cccc(-c2n[nH]c(=S)n2N=Cc2cccc(OC)c2O)c1. The number of hydrogen-bond acceptors (Lipinski definition) is 6. The van der Waals surface area contributed by atoms with Crippen molar-refractivity contribution in [2.24, 2.45) is 5.10 Å². The van der Waals surface area contributed by atoms with Crippen LogP contribution in [0.2, 0.25) is 0 Å². The summed E-state index contributed by atoms with van der Waals surface area (Å²) in [5.41, 5.74) is 1.29. The van der Waals surface area contributed by atoms with Gasteiger partial charge in [-0.1, -0.05) is 18.2 Å². The van der Waals surface area contributed by atoms with Crippen molar-refractivity contribution in [1.29, 1.82) is 0 Å². The van der Waals surface area contributed by atoms with Gasteiger partial charge in [0.25, 0.3) is 0 Å². The van der Waals surface area contributed by atoms with E-state index in [2.05, 4.69) is 15.3 Å². The predicted molar refractivity (Wildman–Crippen MR) is 97.1 cm³/mol. The second kappa shape index (κ2) is 7.18. The molecule has 3 aromatic rings. The van der Waals surface area contributed by atoms with Gasteiger partial charge in [-0.05, 0) is 36.5 Å². The van der Waals surface area contributed by atoms with Gasteiger partial charge in [-0.15, -0.1) is 0 Å². The molecule has 8 heteroatoms. The second-order valence-electron chi connectivity index (χ2n) is 5.04. The third kappa shape index (κ3) is 3.38. The fourth-order valence-electron chi connectivity index (χ4n) is 2.28. The highest BCUT2D eigenvalue weighted by Gasteiger charge is 2.10. The Balaban J connectivity index is 2.02. The molecule has 0 unspecified atom stereocenters. The number of hydrogen-bond donors (Lipinski definition) is 2. The molecule has 128 valence electrons. The zero-order valence-corrected chi connectivity index (χ0v) is 14.4. The zero-order valence-electron chi connectivity index (χ0n) is 13.6. The fourth-order valence-corrected chi connectivity index (χ4v) is 2.46. The van der Waals surface area contributed by atoms with Gasteiger partial charge in [0.2, 0.25) is 4.77 Å². The van der Waals surface area contributed by atoms with Crippen molar-refractivity contribution in [2.45, 2.75) is 0 Å². The fraction of sp³-hybridized carbons (Fsp3) is 0.118. The molecule has 0 radical (unpaired) electrons. The number of aromatic hydroxyl groups is 1. The van der Waals surface area contributed by atoms with E-state index in [0.717, 1.165) is 5.56 Å². The van der Waals surface area contributed by atoms with E-state index < -0.39 is 0 Å². The summed E-state index contributed by atoms with van der Waals surface area (Å²) in [4.78, 5) is 0. The standard InChI is InChI=1S/C17H16N4O3S/c1-23-13-7-3-5-11(9-13)16-19-20-17(25)21(16)18-10-12-6-4-8-14(24-2)15(12)22/h3-10,22H,1-2H3,(H,20,25). The summed E-state index contributed by atoms with van der Waals surface area (Å²) in [7, 11) is 3.09. The maximum absolute atomic E-state index is 10.1. The largest absolute Gasteiger partial charge is 0.504 e. The first-order chi connectivity index (χ1) is 12.1. The van der Waals surface area contributed by atoms with Crippen LogP contribution in [-0.4, -0.2) is 40.4 Å². The number of para-hydroxylation sites is 1. The second-order valence-corrected chi connectivity index (χ2v) is 5.43. The number of benzene rings is 2. The summed E-state index contributed by atoms with van der Waals surface area (Å²) < 4.78 is 12.1. The number of methoxy groups -OCH3 is 2. The Morgan fingerprint density at radius 1 is 1.20 bits per heavy atom. The van der Waals surface area contributed by atoms with Gasteiger partial charge in [-0.3, -0.25) is 0 Å². The third-order valence-electron chi connectivity index (χ3n) is 3.54.